The van der Waals surface area contributed by atoms with Gasteiger partial charge in [0.1, 0.15) is 10.7 Å². The molecule has 3 aromatic rings. The summed E-state index contributed by atoms with van der Waals surface area (Å²) in [4.78, 5) is 24.2. The van der Waals surface area contributed by atoms with Gasteiger partial charge in [-0.15, -0.1) is 11.3 Å². The molecule has 1 heterocycles. The summed E-state index contributed by atoms with van der Waals surface area (Å²) in [5, 5.41) is 3.38. The van der Waals surface area contributed by atoms with Crippen molar-refractivity contribution in [3.8, 4) is 0 Å². The lowest BCUT2D eigenvalue weighted by atomic mass is 10.1. The van der Waals surface area contributed by atoms with Crippen LogP contribution in [0.2, 0.25) is 0 Å². The largest absolute Gasteiger partial charge is 0.451 e. The molecule has 3 rings (SSSR count). The number of aryl methyl sites for hydroxylation is 1. The highest BCUT2D eigenvalue weighted by atomic mass is 32.1. The number of fused-ring (bicyclic) bond motifs is 1. The van der Waals surface area contributed by atoms with Crippen LogP contribution in [0, 0.1) is 12.7 Å². The van der Waals surface area contributed by atoms with Crippen LogP contribution in [0.15, 0.2) is 48.5 Å². The summed E-state index contributed by atoms with van der Waals surface area (Å²) in [5.41, 5.74) is 2.34. The number of nitrogens with one attached hydrogen (secondary N) is 1. The molecule has 0 aliphatic heterocycles. The highest BCUT2D eigenvalue weighted by Gasteiger charge is 2.14. The van der Waals surface area contributed by atoms with Gasteiger partial charge in [-0.1, -0.05) is 24.3 Å². The zero-order valence-corrected chi connectivity index (χ0v) is 15.1. The summed E-state index contributed by atoms with van der Waals surface area (Å²) in [5.74, 6) is -1.29. The Morgan fingerprint density at radius 2 is 1.96 bits per heavy atom. The van der Waals surface area contributed by atoms with Crippen molar-refractivity contribution in [2.24, 2.45) is 0 Å². The van der Waals surface area contributed by atoms with Crippen molar-refractivity contribution >= 4 is 33.3 Å². The van der Waals surface area contributed by atoms with E-state index < -0.39 is 5.97 Å². The maximum atomic E-state index is 13.2. The Morgan fingerprint density at radius 1 is 1.15 bits per heavy atom. The van der Waals surface area contributed by atoms with Gasteiger partial charge in [0.2, 0.25) is 0 Å². The van der Waals surface area contributed by atoms with E-state index in [0.717, 1.165) is 4.70 Å². The van der Waals surface area contributed by atoms with Gasteiger partial charge < -0.3 is 10.1 Å². The standard InChI is InChI=1S/C20H18FNO3S/c1-13-4-2-3-5-14(13)8-9-22-19(23)12-25-20(24)18-11-15-10-16(21)6-7-17(15)26-18/h2-7,10-11H,8-9,12H2,1H3,(H,22,23). The van der Waals surface area contributed by atoms with Crippen LogP contribution >= 0.6 is 11.3 Å². The lowest BCUT2D eigenvalue weighted by Crippen LogP contribution is -2.30. The molecule has 4 nitrogen and oxygen atoms in total. The van der Waals surface area contributed by atoms with E-state index in [2.05, 4.69) is 5.32 Å². The van der Waals surface area contributed by atoms with E-state index in [-0.39, 0.29) is 18.3 Å². The predicted molar refractivity (Wildman–Crippen MR) is 100.0 cm³/mol. The number of benzene rings is 2. The maximum absolute atomic E-state index is 13.2. The predicted octanol–water partition coefficient (Wildman–Crippen LogP) is 3.86. The number of hydrogen-bond donors (Lipinski definition) is 1. The molecular weight excluding hydrogens is 353 g/mol. The Bertz CT molecular complexity index is 951. The second-order valence-corrected chi connectivity index (χ2v) is 6.98. The lowest BCUT2D eigenvalue weighted by Gasteiger charge is -2.07. The Balaban J connectivity index is 1.47. The number of ether oxygens (including phenoxy) is 1. The SMILES string of the molecule is Cc1ccccc1CCNC(=O)COC(=O)c1cc2cc(F)ccc2s1. The number of halogens is 1. The van der Waals surface area contributed by atoms with E-state index in [1.165, 1.54) is 34.6 Å². The quantitative estimate of drug-likeness (QED) is 0.670. The molecule has 0 aliphatic carbocycles. The molecule has 0 fully saturated rings. The summed E-state index contributed by atoms with van der Waals surface area (Å²) >= 11 is 1.21. The van der Waals surface area contributed by atoms with Crippen molar-refractivity contribution in [2.75, 3.05) is 13.2 Å². The van der Waals surface area contributed by atoms with Gasteiger partial charge in [-0.2, -0.15) is 0 Å². The fourth-order valence-electron chi connectivity index (χ4n) is 2.60. The highest BCUT2D eigenvalue weighted by molar-refractivity contribution is 7.20. The molecule has 0 saturated carbocycles. The van der Waals surface area contributed by atoms with Gasteiger partial charge in [-0.25, -0.2) is 9.18 Å². The Morgan fingerprint density at radius 3 is 2.77 bits per heavy atom. The van der Waals surface area contributed by atoms with Crippen LogP contribution in [-0.4, -0.2) is 25.0 Å². The van der Waals surface area contributed by atoms with Crippen LogP contribution in [0.1, 0.15) is 20.8 Å². The summed E-state index contributed by atoms with van der Waals surface area (Å²) in [6.07, 6.45) is 0.717. The summed E-state index contributed by atoms with van der Waals surface area (Å²) in [7, 11) is 0. The van der Waals surface area contributed by atoms with Crippen molar-refractivity contribution in [2.45, 2.75) is 13.3 Å². The first-order chi connectivity index (χ1) is 12.5. The fraction of sp³-hybridized carbons (Fsp3) is 0.200. The van der Waals surface area contributed by atoms with E-state index in [4.69, 9.17) is 4.74 Å². The van der Waals surface area contributed by atoms with Gasteiger partial charge in [0.05, 0.1) is 0 Å². The van der Waals surface area contributed by atoms with E-state index >= 15 is 0 Å². The molecule has 0 aliphatic rings. The van der Waals surface area contributed by atoms with E-state index in [9.17, 15) is 14.0 Å². The molecule has 0 spiro atoms. The van der Waals surface area contributed by atoms with Gasteiger partial charge in [0.15, 0.2) is 6.61 Å². The Kier molecular flexibility index (Phi) is 5.63. The second-order valence-electron chi connectivity index (χ2n) is 5.90. The average Bonchev–Trinajstić information content (AvgIpc) is 3.04. The van der Waals surface area contributed by atoms with Crippen LogP contribution in [0.4, 0.5) is 4.39 Å². The van der Waals surface area contributed by atoms with E-state index in [1.807, 2.05) is 31.2 Å². The van der Waals surface area contributed by atoms with Crippen molar-refractivity contribution in [1.82, 2.24) is 5.32 Å². The molecule has 0 saturated heterocycles. The zero-order valence-electron chi connectivity index (χ0n) is 14.3. The second kappa shape index (κ2) is 8.10. The minimum atomic E-state index is -0.583. The van der Waals surface area contributed by atoms with Crippen LogP contribution in [-0.2, 0) is 16.0 Å². The minimum Gasteiger partial charge on any atom is -0.451 e. The molecular formula is C20H18FNO3S. The van der Waals surface area contributed by atoms with Gasteiger partial charge in [-0.3, -0.25) is 4.79 Å². The molecule has 1 amide bonds. The van der Waals surface area contributed by atoms with Crippen molar-refractivity contribution < 1.29 is 18.7 Å². The van der Waals surface area contributed by atoms with Crippen molar-refractivity contribution in [3.05, 3.63) is 70.4 Å². The Labute approximate surface area is 154 Å². The van der Waals surface area contributed by atoms with Crippen LogP contribution in [0.5, 0.6) is 0 Å². The third-order valence-electron chi connectivity index (χ3n) is 3.99. The number of amides is 1. The molecule has 26 heavy (non-hydrogen) atoms. The molecule has 0 atom stereocenters. The fourth-order valence-corrected chi connectivity index (χ4v) is 3.53. The summed E-state index contributed by atoms with van der Waals surface area (Å²) in [6.45, 7) is 2.16. The van der Waals surface area contributed by atoms with Gasteiger partial charge >= 0.3 is 5.97 Å². The normalized spacial score (nSPS) is 10.7. The number of rotatable bonds is 6. The topological polar surface area (TPSA) is 55.4 Å². The van der Waals surface area contributed by atoms with Crippen LogP contribution < -0.4 is 5.32 Å². The first-order valence-electron chi connectivity index (χ1n) is 8.20. The third kappa shape index (κ3) is 4.46. The van der Waals surface area contributed by atoms with E-state index in [0.29, 0.717) is 23.2 Å². The molecule has 1 aromatic heterocycles. The zero-order chi connectivity index (χ0) is 18.5. The molecule has 0 bridgehead atoms. The summed E-state index contributed by atoms with van der Waals surface area (Å²) < 4.78 is 19.0. The van der Waals surface area contributed by atoms with Crippen molar-refractivity contribution in [3.63, 3.8) is 0 Å². The van der Waals surface area contributed by atoms with Crippen LogP contribution in [0.25, 0.3) is 10.1 Å². The van der Waals surface area contributed by atoms with Crippen LogP contribution in [0.3, 0.4) is 0 Å². The van der Waals surface area contributed by atoms with Gasteiger partial charge in [0.25, 0.3) is 5.91 Å². The number of esters is 1. The smallest absolute Gasteiger partial charge is 0.348 e. The minimum absolute atomic E-state index is 0.338. The highest BCUT2D eigenvalue weighted by Crippen LogP contribution is 2.26. The Hall–Kier alpha value is -2.73. The van der Waals surface area contributed by atoms with Gasteiger partial charge in [-0.05, 0) is 54.1 Å². The molecule has 0 radical (unpaired) electrons. The third-order valence-corrected chi connectivity index (χ3v) is 5.09. The number of hydrogen-bond acceptors (Lipinski definition) is 4. The lowest BCUT2D eigenvalue weighted by molar-refractivity contribution is -0.124. The maximum Gasteiger partial charge on any atom is 0.348 e. The number of thiophene rings is 1. The molecule has 1 N–H and O–H groups in total. The number of carbonyl (C=O) groups excluding carboxylic acids is 2. The first kappa shape index (κ1) is 18.1. The first-order valence-corrected chi connectivity index (χ1v) is 9.02. The monoisotopic (exact) mass is 371 g/mol. The average molecular weight is 371 g/mol. The van der Waals surface area contributed by atoms with E-state index in [1.54, 1.807) is 12.1 Å². The van der Waals surface area contributed by atoms with Gasteiger partial charge in [0, 0.05) is 11.2 Å². The molecule has 0 unspecified atom stereocenters. The summed E-state index contributed by atoms with van der Waals surface area (Å²) in [6, 6.07) is 13.9. The molecule has 2 aromatic carbocycles. The van der Waals surface area contributed by atoms with Crippen molar-refractivity contribution in [1.29, 1.82) is 0 Å². The number of carbonyl (C=O) groups is 2. The molecule has 6 heteroatoms. The molecule has 134 valence electrons.